The molecule has 0 saturated carbocycles. The summed E-state index contributed by atoms with van der Waals surface area (Å²) in [6.45, 7) is 2.03. The van der Waals surface area contributed by atoms with E-state index < -0.39 is 11.6 Å². The zero-order valence-corrected chi connectivity index (χ0v) is 14.0. The molecule has 2 rings (SSSR count). The molecule has 1 aliphatic heterocycles. The van der Waals surface area contributed by atoms with Gasteiger partial charge in [0.1, 0.15) is 23.5 Å². The van der Waals surface area contributed by atoms with Crippen LogP contribution in [0.25, 0.3) is 0 Å². The summed E-state index contributed by atoms with van der Waals surface area (Å²) >= 11 is 5.40. The van der Waals surface area contributed by atoms with Gasteiger partial charge in [-0.05, 0) is 44.3 Å². The van der Waals surface area contributed by atoms with Gasteiger partial charge in [-0.2, -0.15) is 0 Å². The molecule has 1 N–H and O–H groups in total. The first kappa shape index (κ1) is 17.6. The van der Waals surface area contributed by atoms with Gasteiger partial charge in [-0.3, -0.25) is 0 Å². The van der Waals surface area contributed by atoms with Crippen molar-refractivity contribution in [2.24, 2.45) is 5.16 Å². The van der Waals surface area contributed by atoms with E-state index in [1.807, 2.05) is 19.1 Å². The average Bonchev–Trinajstić information content (AvgIpc) is 2.74. The Morgan fingerprint density at radius 1 is 1.57 bits per heavy atom. The number of ether oxygens (including phenoxy) is 1. The van der Waals surface area contributed by atoms with Crippen LogP contribution in [0, 0.1) is 0 Å². The molecule has 2 aliphatic rings. The van der Waals surface area contributed by atoms with Crippen LogP contribution in [0.15, 0.2) is 40.3 Å². The Labute approximate surface area is 141 Å². The summed E-state index contributed by atoms with van der Waals surface area (Å²) in [7, 11) is 0. The maximum Gasteiger partial charge on any atom is 0.344 e. The highest BCUT2D eigenvalue weighted by atomic mass is 35.5. The van der Waals surface area contributed by atoms with Crippen molar-refractivity contribution in [1.29, 1.82) is 0 Å². The molecular weight excluding hydrogens is 318 g/mol. The first-order valence-corrected chi connectivity index (χ1v) is 8.33. The van der Waals surface area contributed by atoms with E-state index in [-0.39, 0.29) is 24.4 Å². The number of allylic oxidation sites excluding steroid dienone is 1. The third-order valence-corrected chi connectivity index (χ3v) is 4.13. The number of carbonyl (C=O) groups excluding carboxylic acids is 1. The van der Waals surface area contributed by atoms with E-state index in [1.54, 1.807) is 6.08 Å². The fourth-order valence-corrected chi connectivity index (χ4v) is 2.90. The Morgan fingerprint density at radius 2 is 2.39 bits per heavy atom. The van der Waals surface area contributed by atoms with E-state index in [9.17, 15) is 9.90 Å². The Bertz CT molecular complexity index is 565. The number of hydrogen-bond acceptors (Lipinski definition) is 5. The molecule has 0 aromatic rings. The SMILES string of the molecule is CCC(=NOCC=CCl)C1=C(O)CC2(C=CCCCC2)OC1=O. The van der Waals surface area contributed by atoms with E-state index in [1.165, 1.54) is 5.54 Å². The van der Waals surface area contributed by atoms with E-state index in [4.69, 9.17) is 21.2 Å². The van der Waals surface area contributed by atoms with Crippen molar-refractivity contribution in [3.8, 4) is 0 Å². The number of carbonyl (C=O) groups is 1. The maximum absolute atomic E-state index is 12.4. The molecule has 1 atom stereocenters. The molecule has 0 aromatic carbocycles. The number of oxime groups is 1. The molecule has 1 heterocycles. The molecule has 0 amide bonds. The van der Waals surface area contributed by atoms with Gasteiger partial charge in [0.05, 0.1) is 5.71 Å². The number of hydrogen-bond donors (Lipinski definition) is 1. The monoisotopic (exact) mass is 339 g/mol. The van der Waals surface area contributed by atoms with Gasteiger partial charge in [0.25, 0.3) is 0 Å². The summed E-state index contributed by atoms with van der Waals surface area (Å²) in [6, 6.07) is 0. The zero-order chi connectivity index (χ0) is 16.7. The van der Waals surface area contributed by atoms with Crippen LogP contribution < -0.4 is 0 Å². The summed E-state index contributed by atoms with van der Waals surface area (Å²) in [5, 5.41) is 14.4. The first-order chi connectivity index (χ1) is 11.1. The highest BCUT2D eigenvalue weighted by Gasteiger charge is 2.41. The van der Waals surface area contributed by atoms with Crippen molar-refractivity contribution in [2.45, 2.75) is 51.0 Å². The summed E-state index contributed by atoms with van der Waals surface area (Å²) < 4.78 is 5.67. The van der Waals surface area contributed by atoms with Crippen molar-refractivity contribution >= 4 is 23.3 Å². The van der Waals surface area contributed by atoms with Gasteiger partial charge in [-0.25, -0.2) is 4.79 Å². The molecule has 0 bridgehead atoms. The minimum Gasteiger partial charge on any atom is -0.511 e. The average molecular weight is 340 g/mol. The molecule has 0 saturated heterocycles. The van der Waals surface area contributed by atoms with Gasteiger partial charge < -0.3 is 14.7 Å². The molecule has 6 heteroatoms. The van der Waals surface area contributed by atoms with Crippen LogP contribution in [0.1, 0.15) is 45.4 Å². The molecule has 23 heavy (non-hydrogen) atoms. The largest absolute Gasteiger partial charge is 0.511 e. The normalized spacial score (nSPS) is 25.8. The van der Waals surface area contributed by atoms with Crippen molar-refractivity contribution < 1.29 is 19.5 Å². The Kier molecular flexibility index (Phi) is 6.28. The lowest BCUT2D eigenvalue weighted by Gasteiger charge is -2.34. The van der Waals surface area contributed by atoms with E-state index >= 15 is 0 Å². The highest BCUT2D eigenvalue weighted by Crippen LogP contribution is 2.36. The number of halogens is 1. The molecular formula is C17H22ClNO4. The van der Waals surface area contributed by atoms with Gasteiger partial charge in [-0.15, -0.1) is 0 Å². The summed E-state index contributed by atoms with van der Waals surface area (Å²) in [5.74, 6) is -0.526. The van der Waals surface area contributed by atoms with Crippen molar-refractivity contribution in [2.75, 3.05) is 6.61 Å². The fraction of sp³-hybridized carbons (Fsp3) is 0.529. The first-order valence-electron chi connectivity index (χ1n) is 7.89. The summed E-state index contributed by atoms with van der Waals surface area (Å²) in [5.41, 5.74) is 1.10. The molecule has 1 spiro atoms. The molecule has 5 nitrogen and oxygen atoms in total. The number of esters is 1. The Balaban J connectivity index is 2.22. The van der Waals surface area contributed by atoms with Crippen LogP contribution in [0.2, 0.25) is 0 Å². The van der Waals surface area contributed by atoms with Crippen LogP contribution >= 0.6 is 11.6 Å². The van der Waals surface area contributed by atoms with Crippen LogP contribution in [0.5, 0.6) is 0 Å². The minimum atomic E-state index is -0.720. The minimum absolute atomic E-state index is 0.0184. The predicted molar refractivity (Wildman–Crippen MR) is 89.4 cm³/mol. The molecule has 0 radical (unpaired) electrons. The van der Waals surface area contributed by atoms with Crippen molar-refractivity contribution in [1.82, 2.24) is 0 Å². The summed E-state index contributed by atoms with van der Waals surface area (Å²) in [4.78, 5) is 17.5. The number of aliphatic hydroxyl groups excluding tert-OH is 1. The second-order valence-corrected chi connectivity index (χ2v) is 5.90. The topological polar surface area (TPSA) is 68.1 Å². The third-order valence-electron chi connectivity index (χ3n) is 3.96. The quantitative estimate of drug-likeness (QED) is 0.268. The van der Waals surface area contributed by atoms with E-state index in [0.717, 1.165) is 25.7 Å². The fourth-order valence-electron chi connectivity index (χ4n) is 2.83. The number of nitrogens with zero attached hydrogens (tertiary/aromatic N) is 1. The van der Waals surface area contributed by atoms with Gasteiger partial charge in [-0.1, -0.05) is 29.8 Å². The third kappa shape index (κ3) is 4.38. The predicted octanol–water partition coefficient (Wildman–Crippen LogP) is 4.15. The molecule has 1 unspecified atom stereocenters. The van der Waals surface area contributed by atoms with Gasteiger partial charge in [0.15, 0.2) is 0 Å². The van der Waals surface area contributed by atoms with E-state index in [2.05, 4.69) is 5.16 Å². The van der Waals surface area contributed by atoms with Crippen LogP contribution in [-0.2, 0) is 14.4 Å². The lowest BCUT2D eigenvalue weighted by atomic mass is 9.88. The smallest absolute Gasteiger partial charge is 0.344 e. The van der Waals surface area contributed by atoms with Gasteiger partial charge in [0, 0.05) is 12.0 Å². The Morgan fingerprint density at radius 3 is 3.09 bits per heavy atom. The maximum atomic E-state index is 12.4. The lowest BCUT2D eigenvalue weighted by molar-refractivity contribution is -0.153. The molecule has 1 aliphatic carbocycles. The Hall–Kier alpha value is -1.75. The highest BCUT2D eigenvalue weighted by molar-refractivity contribution is 6.25. The van der Waals surface area contributed by atoms with Crippen LogP contribution in [-0.4, -0.2) is 29.0 Å². The second-order valence-electron chi connectivity index (χ2n) is 5.65. The summed E-state index contributed by atoms with van der Waals surface area (Å²) in [6.07, 6.45) is 9.97. The number of rotatable bonds is 5. The van der Waals surface area contributed by atoms with E-state index in [0.29, 0.717) is 12.1 Å². The number of aliphatic hydroxyl groups is 1. The van der Waals surface area contributed by atoms with Crippen molar-refractivity contribution in [3.63, 3.8) is 0 Å². The van der Waals surface area contributed by atoms with Crippen molar-refractivity contribution in [3.05, 3.63) is 35.1 Å². The molecule has 126 valence electrons. The lowest BCUT2D eigenvalue weighted by Crippen LogP contribution is -2.40. The van der Waals surface area contributed by atoms with Gasteiger partial charge in [0.2, 0.25) is 0 Å². The van der Waals surface area contributed by atoms with Crippen LogP contribution in [0.4, 0.5) is 0 Å². The second kappa shape index (κ2) is 8.20. The molecule has 0 fully saturated rings. The standard InChI is InChI=1S/C17H22ClNO4/c1-2-13(19-22-11-7-10-18)15-14(20)12-17(23-16(15)21)8-5-3-4-6-9-17/h5,7-8,10,20H,2-4,6,9,11-12H2,1H3. The molecule has 0 aromatic heterocycles. The van der Waals surface area contributed by atoms with Crippen LogP contribution in [0.3, 0.4) is 0 Å². The van der Waals surface area contributed by atoms with Gasteiger partial charge >= 0.3 is 5.97 Å². The zero-order valence-electron chi connectivity index (χ0n) is 13.3.